The van der Waals surface area contributed by atoms with Gasteiger partial charge in [0.15, 0.2) is 0 Å². The van der Waals surface area contributed by atoms with Gasteiger partial charge in [-0.1, -0.05) is 15.9 Å². The lowest BCUT2D eigenvalue weighted by Gasteiger charge is -2.26. The van der Waals surface area contributed by atoms with Crippen molar-refractivity contribution in [2.45, 2.75) is 6.42 Å². The topological polar surface area (TPSA) is 82.3 Å². The van der Waals surface area contributed by atoms with Crippen LogP contribution < -0.4 is 21.5 Å². The molecule has 0 unspecified atom stereocenters. The second kappa shape index (κ2) is 6.53. The van der Waals surface area contributed by atoms with E-state index >= 15 is 0 Å². The highest BCUT2D eigenvalue weighted by Gasteiger charge is 2.20. The molecule has 19 heavy (non-hydrogen) atoms. The molecule has 2 rings (SSSR count). The summed E-state index contributed by atoms with van der Waals surface area (Å²) < 4.78 is 0.931. The Hall–Kier alpha value is -1.60. The molecule has 1 fully saturated rings. The molecular weight excluding hydrogens is 312 g/mol. The lowest BCUT2D eigenvalue weighted by atomic mass is 9.99. The summed E-state index contributed by atoms with van der Waals surface area (Å²) in [6.45, 7) is 1.72. The van der Waals surface area contributed by atoms with Gasteiger partial charge >= 0.3 is 6.03 Å². The minimum Gasteiger partial charge on any atom is -0.316 e. The third-order valence-corrected chi connectivity index (χ3v) is 3.29. The molecule has 1 aromatic carbocycles. The molecule has 0 radical (unpaired) electrons. The Labute approximate surface area is 119 Å². The van der Waals surface area contributed by atoms with Crippen molar-refractivity contribution in [2.75, 3.05) is 18.4 Å². The van der Waals surface area contributed by atoms with Crippen LogP contribution in [0.25, 0.3) is 0 Å². The van der Waals surface area contributed by atoms with Gasteiger partial charge in [0.1, 0.15) is 0 Å². The molecule has 1 aliphatic rings. The zero-order valence-electron chi connectivity index (χ0n) is 10.2. The van der Waals surface area contributed by atoms with Gasteiger partial charge in [-0.25, -0.2) is 10.2 Å². The zero-order chi connectivity index (χ0) is 13.7. The van der Waals surface area contributed by atoms with Gasteiger partial charge in [0.05, 0.1) is 0 Å². The van der Waals surface area contributed by atoms with Crippen molar-refractivity contribution in [3.8, 4) is 0 Å². The summed E-state index contributed by atoms with van der Waals surface area (Å²) in [5.74, 6) is 0.189. The van der Waals surface area contributed by atoms with Crippen LogP contribution in [0, 0.1) is 5.92 Å². The van der Waals surface area contributed by atoms with Crippen molar-refractivity contribution >= 4 is 33.6 Å². The van der Waals surface area contributed by atoms with Crippen LogP contribution in [0.3, 0.4) is 0 Å². The molecule has 0 aliphatic carbocycles. The SMILES string of the molecule is O=C(CC1CNC1)NNC(=O)Nc1ccc(Br)cc1. The fraction of sp³-hybridized carbons (Fsp3) is 0.333. The van der Waals surface area contributed by atoms with E-state index in [-0.39, 0.29) is 5.91 Å². The molecule has 0 saturated carbocycles. The largest absolute Gasteiger partial charge is 0.337 e. The monoisotopic (exact) mass is 326 g/mol. The first kappa shape index (κ1) is 13.8. The highest BCUT2D eigenvalue weighted by Crippen LogP contribution is 2.13. The number of amides is 3. The number of urea groups is 1. The molecule has 0 atom stereocenters. The quantitative estimate of drug-likeness (QED) is 0.630. The first-order valence-corrected chi connectivity index (χ1v) is 6.75. The fourth-order valence-electron chi connectivity index (χ4n) is 1.63. The molecule has 0 bridgehead atoms. The van der Waals surface area contributed by atoms with Gasteiger partial charge in [-0.2, -0.15) is 0 Å². The third kappa shape index (κ3) is 4.53. The van der Waals surface area contributed by atoms with Crippen molar-refractivity contribution in [3.63, 3.8) is 0 Å². The number of anilines is 1. The molecule has 6 nitrogen and oxygen atoms in total. The van der Waals surface area contributed by atoms with Crippen LogP contribution in [-0.4, -0.2) is 25.0 Å². The first-order chi connectivity index (χ1) is 9.13. The van der Waals surface area contributed by atoms with Gasteiger partial charge in [-0.05, 0) is 43.3 Å². The van der Waals surface area contributed by atoms with E-state index in [1.807, 2.05) is 12.1 Å². The maximum atomic E-state index is 11.5. The molecule has 1 heterocycles. The van der Waals surface area contributed by atoms with Crippen LogP contribution >= 0.6 is 15.9 Å². The van der Waals surface area contributed by atoms with Crippen LogP contribution in [0.15, 0.2) is 28.7 Å². The number of hydrogen-bond donors (Lipinski definition) is 4. The Morgan fingerprint density at radius 2 is 1.89 bits per heavy atom. The fourth-order valence-corrected chi connectivity index (χ4v) is 1.89. The van der Waals surface area contributed by atoms with Crippen LogP contribution in [-0.2, 0) is 4.79 Å². The second-order valence-corrected chi connectivity index (χ2v) is 5.28. The van der Waals surface area contributed by atoms with Crippen molar-refractivity contribution < 1.29 is 9.59 Å². The highest BCUT2D eigenvalue weighted by molar-refractivity contribution is 9.10. The van der Waals surface area contributed by atoms with Crippen LogP contribution in [0.1, 0.15) is 6.42 Å². The lowest BCUT2D eigenvalue weighted by molar-refractivity contribution is -0.123. The number of benzene rings is 1. The first-order valence-electron chi connectivity index (χ1n) is 5.95. The molecule has 4 N–H and O–H groups in total. The van der Waals surface area contributed by atoms with Crippen LogP contribution in [0.4, 0.5) is 10.5 Å². The van der Waals surface area contributed by atoms with Gasteiger partial charge in [0, 0.05) is 16.6 Å². The van der Waals surface area contributed by atoms with Gasteiger partial charge in [0.2, 0.25) is 5.91 Å². The van der Waals surface area contributed by atoms with Crippen LogP contribution in [0.5, 0.6) is 0 Å². The van der Waals surface area contributed by atoms with E-state index in [9.17, 15) is 9.59 Å². The van der Waals surface area contributed by atoms with E-state index in [0.29, 0.717) is 18.0 Å². The Morgan fingerprint density at radius 1 is 1.21 bits per heavy atom. The Bertz CT molecular complexity index is 459. The minimum absolute atomic E-state index is 0.183. The summed E-state index contributed by atoms with van der Waals surface area (Å²) in [4.78, 5) is 23.0. The maximum absolute atomic E-state index is 11.5. The number of hydrogen-bond acceptors (Lipinski definition) is 3. The smallest absolute Gasteiger partial charge is 0.316 e. The minimum atomic E-state index is -0.470. The molecule has 1 aliphatic heterocycles. The predicted molar refractivity (Wildman–Crippen MR) is 75.4 cm³/mol. The summed E-state index contributed by atoms with van der Waals surface area (Å²) in [6, 6.07) is 6.68. The normalized spacial score (nSPS) is 14.4. The molecule has 0 spiro atoms. The summed E-state index contributed by atoms with van der Waals surface area (Å²) in [7, 11) is 0. The average Bonchev–Trinajstić information content (AvgIpc) is 2.34. The number of carbonyl (C=O) groups is 2. The molecule has 1 saturated heterocycles. The number of rotatable bonds is 3. The molecule has 3 amide bonds. The Morgan fingerprint density at radius 3 is 2.47 bits per heavy atom. The number of carbonyl (C=O) groups excluding carboxylic acids is 2. The van der Waals surface area contributed by atoms with E-state index in [1.54, 1.807) is 12.1 Å². The number of nitrogens with one attached hydrogen (secondary N) is 4. The molecule has 1 aromatic rings. The van der Waals surface area contributed by atoms with Crippen molar-refractivity contribution in [3.05, 3.63) is 28.7 Å². The number of hydrazine groups is 1. The van der Waals surface area contributed by atoms with E-state index in [2.05, 4.69) is 37.4 Å². The van der Waals surface area contributed by atoms with E-state index in [0.717, 1.165) is 17.6 Å². The summed E-state index contributed by atoms with van der Waals surface area (Å²) in [5, 5.41) is 5.69. The lowest BCUT2D eigenvalue weighted by Crippen LogP contribution is -2.48. The van der Waals surface area contributed by atoms with Gasteiger partial charge in [-0.15, -0.1) is 0 Å². The van der Waals surface area contributed by atoms with Gasteiger partial charge in [-0.3, -0.25) is 10.2 Å². The molecule has 7 heteroatoms. The highest BCUT2D eigenvalue weighted by atomic mass is 79.9. The molecule has 102 valence electrons. The summed E-state index contributed by atoms with van der Waals surface area (Å²) >= 11 is 3.31. The average molecular weight is 327 g/mol. The van der Waals surface area contributed by atoms with E-state index < -0.39 is 6.03 Å². The number of halogens is 1. The second-order valence-electron chi connectivity index (χ2n) is 4.36. The van der Waals surface area contributed by atoms with Crippen LogP contribution in [0.2, 0.25) is 0 Å². The van der Waals surface area contributed by atoms with E-state index in [1.165, 1.54) is 0 Å². The third-order valence-electron chi connectivity index (χ3n) is 2.76. The van der Waals surface area contributed by atoms with Gasteiger partial charge < -0.3 is 10.6 Å². The van der Waals surface area contributed by atoms with Crippen molar-refractivity contribution in [2.24, 2.45) is 5.92 Å². The molecule has 0 aromatic heterocycles. The Balaban J connectivity index is 1.68. The molecular formula is C12H15BrN4O2. The van der Waals surface area contributed by atoms with Crippen molar-refractivity contribution in [1.29, 1.82) is 0 Å². The maximum Gasteiger partial charge on any atom is 0.337 e. The Kier molecular flexibility index (Phi) is 4.75. The van der Waals surface area contributed by atoms with E-state index in [4.69, 9.17) is 0 Å². The summed E-state index contributed by atoms with van der Waals surface area (Å²) in [5.41, 5.74) is 5.34. The zero-order valence-corrected chi connectivity index (χ0v) is 11.8. The van der Waals surface area contributed by atoms with Gasteiger partial charge in [0.25, 0.3) is 0 Å². The standard InChI is InChI=1S/C12H15BrN4O2/c13-9-1-3-10(4-2-9)15-12(19)17-16-11(18)5-8-6-14-7-8/h1-4,8,14H,5-7H2,(H,16,18)(H2,15,17,19). The predicted octanol–water partition coefficient (Wildman–Crippen LogP) is 1.21. The van der Waals surface area contributed by atoms with Crippen molar-refractivity contribution in [1.82, 2.24) is 16.2 Å². The summed E-state index contributed by atoms with van der Waals surface area (Å²) in [6.07, 6.45) is 0.422.